The Morgan fingerprint density at radius 1 is 1.16 bits per heavy atom. The van der Waals surface area contributed by atoms with Crippen LogP contribution in [0.25, 0.3) is 0 Å². The Kier molecular flexibility index (Phi) is 6.02. The van der Waals surface area contributed by atoms with Gasteiger partial charge in [-0.1, -0.05) is 57.5 Å². The van der Waals surface area contributed by atoms with Crippen LogP contribution in [0.5, 0.6) is 0 Å². The molecule has 0 radical (unpaired) electrons. The van der Waals surface area contributed by atoms with E-state index in [2.05, 4.69) is 64.2 Å². The minimum Gasteiger partial charge on any atom is -0.396 e. The second kappa shape index (κ2) is 7.06. The molecule has 1 aromatic rings. The summed E-state index contributed by atoms with van der Waals surface area (Å²) < 4.78 is 0. The molecule has 0 saturated carbocycles. The van der Waals surface area contributed by atoms with Crippen LogP contribution in [0, 0.1) is 18.8 Å². The van der Waals surface area contributed by atoms with Crippen molar-refractivity contribution in [2.45, 2.75) is 40.0 Å². The van der Waals surface area contributed by atoms with Gasteiger partial charge < -0.3 is 10.4 Å². The van der Waals surface area contributed by atoms with Gasteiger partial charge in [-0.3, -0.25) is 0 Å². The molecule has 0 aliphatic heterocycles. The van der Waals surface area contributed by atoms with Gasteiger partial charge in [-0.15, -0.1) is 0 Å². The van der Waals surface area contributed by atoms with E-state index in [1.165, 1.54) is 11.1 Å². The number of nitrogens with one attached hydrogen (secondary N) is 1. The molecule has 2 nitrogen and oxygen atoms in total. The highest BCUT2D eigenvalue weighted by Gasteiger charge is 2.21. The molecule has 0 bridgehead atoms. The van der Waals surface area contributed by atoms with E-state index in [4.69, 9.17) is 0 Å². The lowest BCUT2D eigenvalue weighted by Crippen LogP contribution is -2.37. The first-order valence-corrected chi connectivity index (χ1v) is 7.25. The Balaban J connectivity index is 2.53. The average Bonchev–Trinajstić information content (AvgIpc) is 2.34. The second-order valence-electron chi connectivity index (χ2n) is 6.57. The van der Waals surface area contributed by atoms with Gasteiger partial charge in [0.2, 0.25) is 0 Å². The first kappa shape index (κ1) is 16.2. The van der Waals surface area contributed by atoms with Crippen LogP contribution in [0.15, 0.2) is 24.3 Å². The molecule has 0 aliphatic carbocycles. The van der Waals surface area contributed by atoms with E-state index in [1.807, 2.05) is 0 Å². The van der Waals surface area contributed by atoms with Crippen LogP contribution in [-0.4, -0.2) is 24.8 Å². The SMILES string of the molecule is Cc1ccc(C(C)(C)CNCC(CO)C(C)C)cc1. The average molecular weight is 263 g/mol. The van der Waals surface area contributed by atoms with Crippen molar-refractivity contribution in [3.05, 3.63) is 35.4 Å². The normalized spacial score (nSPS) is 13.8. The van der Waals surface area contributed by atoms with Crippen molar-refractivity contribution in [3.63, 3.8) is 0 Å². The Morgan fingerprint density at radius 3 is 2.21 bits per heavy atom. The van der Waals surface area contributed by atoms with Gasteiger partial charge in [0.1, 0.15) is 0 Å². The minimum atomic E-state index is 0.116. The predicted octanol–water partition coefficient (Wildman–Crippen LogP) is 3.13. The molecule has 108 valence electrons. The van der Waals surface area contributed by atoms with Crippen molar-refractivity contribution in [1.82, 2.24) is 5.32 Å². The number of hydrogen-bond donors (Lipinski definition) is 2. The molecule has 0 heterocycles. The summed E-state index contributed by atoms with van der Waals surface area (Å²) in [6.07, 6.45) is 0. The van der Waals surface area contributed by atoms with E-state index >= 15 is 0 Å². The van der Waals surface area contributed by atoms with Gasteiger partial charge in [0.15, 0.2) is 0 Å². The fourth-order valence-corrected chi connectivity index (χ4v) is 2.19. The molecule has 2 heteroatoms. The fraction of sp³-hybridized carbons (Fsp3) is 0.647. The largest absolute Gasteiger partial charge is 0.396 e. The van der Waals surface area contributed by atoms with Gasteiger partial charge >= 0.3 is 0 Å². The molecular formula is C17H29NO. The lowest BCUT2D eigenvalue weighted by Gasteiger charge is -2.28. The van der Waals surface area contributed by atoms with Gasteiger partial charge in [-0.05, 0) is 24.3 Å². The Morgan fingerprint density at radius 2 is 1.74 bits per heavy atom. The molecule has 0 spiro atoms. The summed E-state index contributed by atoms with van der Waals surface area (Å²) in [5.41, 5.74) is 2.77. The summed E-state index contributed by atoms with van der Waals surface area (Å²) in [4.78, 5) is 0. The zero-order chi connectivity index (χ0) is 14.5. The van der Waals surface area contributed by atoms with Crippen molar-refractivity contribution >= 4 is 0 Å². The van der Waals surface area contributed by atoms with Gasteiger partial charge in [-0.2, -0.15) is 0 Å². The maximum Gasteiger partial charge on any atom is 0.0473 e. The summed E-state index contributed by atoms with van der Waals surface area (Å²) in [7, 11) is 0. The highest BCUT2D eigenvalue weighted by molar-refractivity contribution is 5.27. The van der Waals surface area contributed by atoms with E-state index in [9.17, 15) is 5.11 Å². The van der Waals surface area contributed by atoms with Crippen molar-refractivity contribution in [2.24, 2.45) is 11.8 Å². The van der Waals surface area contributed by atoms with E-state index in [1.54, 1.807) is 0 Å². The molecule has 0 amide bonds. The second-order valence-corrected chi connectivity index (χ2v) is 6.57. The molecule has 1 unspecified atom stereocenters. The summed E-state index contributed by atoms with van der Waals surface area (Å²) in [6.45, 7) is 13.0. The summed E-state index contributed by atoms with van der Waals surface area (Å²) in [5.74, 6) is 0.855. The van der Waals surface area contributed by atoms with E-state index in [0.29, 0.717) is 11.8 Å². The highest BCUT2D eigenvalue weighted by atomic mass is 16.3. The van der Waals surface area contributed by atoms with Crippen LogP contribution < -0.4 is 5.32 Å². The number of aliphatic hydroxyl groups excluding tert-OH is 1. The monoisotopic (exact) mass is 263 g/mol. The Labute approximate surface area is 118 Å². The molecule has 0 aromatic heterocycles. The third-order valence-electron chi connectivity index (χ3n) is 3.98. The van der Waals surface area contributed by atoms with E-state index < -0.39 is 0 Å². The maximum absolute atomic E-state index is 9.33. The van der Waals surface area contributed by atoms with Crippen molar-refractivity contribution < 1.29 is 5.11 Å². The third-order valence-corrected chi connectivity index (χ3v) is 3.98. The van der Waals surface area contributed by atoms with Crippen LogP contribution in [0.1, 0.15) is 38.8 Å². The molecule has 1 rings (SSSR count). The molecule has 2 N–H and O–H groups in total. The quantitative estimate of drug-likeness (QED) is 0.792. The van der Waals surface area contributed by atoms with Crippen molar-refractivity contribution in [3.8, 4) is 0 Å². The smallest absolute Gasteiger partial charge is 0.0473 e. The molecule has 0 aliphatic rings. The van der Waals surface area contributed by atoms with Crippen LogP contribution in [0.2, 0.25) is 0 Å². The van der Waals surface area contributed by atoms with E-state index in [-0.39, 0.29) is 12.0 Å². The molecule has 0 saturated heterocycles. The number of benzene rings is 1. The summed E-state index contributed by atoms with van der Waals surface area (Å²) in [5, 5.41) is 12.8. The lowest BCUT2D eigenvalue weighted by molar-refractivity contribution is 0.184. The number of aliphatic hydroxyl groups is 1. The molecule has 1 aromatic carbocycles. The van der Waals surface area contributed by atoms with Crippen LogP contribution >= 0.6 is 0 Å². The van der Waals surface area contributed by atoms with Gasteiger partial charge in [-0.25, -0.2) is 0 Å². The fourth-order valence-electron chi connectivity index (χ4n) is 2.19. The van der Waals surface area contributed by atoms with Gasteiger partial charge in [0.05, 0.1) is 0 Å². The zero-order valence-electron chi connectivity index (χ0n) is 13.0. The topological polar surface area (TPSA) is 32.3 Å². The lowest BCUT2D eigenvalue weighted by atomic mass is 9.84. The van der Waals surface area contributed by atoms with Crippen LogP contribution in [0.4, 0.5) is 0 Å². The molecular weight excluding hydrogens is 234 g/mol. The van der Waals surface area contributed by atoms with Crippen LogP contribution in [0.3, 0.4) is 0 Å². The predicted molar refractivity (Wildman–Crippen MR) is 82.5 cm³/mol. The zero-order valence-corrected chi connectivity index (χ0v) is 13.0. The minimum absolute atomic E-state index is 0.116. The number of hydrogen-bond acceptors (Lipinski definition) is 2. The third kappa shape index (κ3) is 4.96. The van der Waals surface area contributed by atoms with Crippen molar-refractivity contribution in [1.29, 1.82) is 0 Å². The maximum atomic E-state index is 9.33. The van der Waals surface area contributed by atoms with E-state index in [0.717, 1.165) is 13.1 Å². The van der Waals surface area contributed by atoms with Gasteiger partial charge in [0.25, 0.3) is 0 Å². The number of aryl methyl sites for hydroxylation is 1. The standard InChI is InChI=1S/C17H29NO/c1-13(2)15(11-19)10-18-12-17(4,5)16-8-6-14(3)7-9-16/h6-9,13,15,18-19H,10-12H2,1-5H3. The van der Waals surface area contributed by atoms with Gasteiger partial charge in [0, 0.05) is 25.1 Å². The highest BCUT2D eigenvalue weighted by Crippen LogP contribution is 2.22. The molecule has 0 fully saturated rings. The van der Waals surface area contributed by atoms with Crippen molar-refractivity contribution in [2.75, 3.05) is 19.7 Å². The first-order valence-electron chi connectivity index (χ1n) is 7.25. The Bertz CT molecular complexity index is 367. The first-order chi connectivity index (χ1) is 8.86. The molecule has 1 atom stereocenters. The summed E-state index contributed by atoms with van der Waals surface area (Å²) >= 11 is 0. The number of rotatable bonds is 7. The molecule has 19 heavy (non-hydrogen) atoms. The Hall–Kier alpha value is -0.860. The van der Waals surface area contributed by atoms with Crippen LogP contribution in [-0.2, 0) is 5.41 Å². The summed E-state index contributed by atoms with van der Waals surface area (Å²) in [6, 6.07) is 8.76.